The molecule has 2 nitrogen and oxygen atoms in total. The molecule has 4 rings (SSSR count). The second-order valence-corrected chi connectivity index (χ2v) is 14.6. The first kappa shape index (κ1) is 24.4. The van der Waals surface area contributed by atoms with Crippen molar-refractivity contribution in [2.75, 3.05) is 0 Å². The average molecular weight is 531 g/mol. The molecule has 0 aromatic heterocycles. The van der Waals surface area contributed by atoms with Crippen molar-refractivity contribution in [2.45, 2.75) is 0 Å². The molecule has 0 bridgehead atoms. The number of benzene rings is 4. The molecule has 172 valence electrons. The van der Waals surface area contributed by atoms with E-state index in [1.165, 1.54) is 24.3 Å². The minimum absolute atomic E-state index is 0.167. The van der Waals surface area contributed by atoms with Gasteiger partial charge in [-0.25, -0.2) is 0 Å². The fourth-order valence-electron chi connectivity index (χ4n) is 4.05. The molecule has 0 unspecified atom stereocenters. The van der Waals surface area contributed by atoms with Crippen LogP contribution < -0.4 is 21.2 Å². The van der Waals surface area contributed by atoms with E-state index in [0.29, 0.717) is 0 Å². The minimum atomic E-state index is -4.17. The molecule has 0 spiro atoms. The molecule has 4 aromatic carbocycles. The van der Waals surface area contributed by atoms with Crippen molar-refractivity contribution in [2.24, 2.45) is 0 Å². The van der Waals surface area contributed by atoms with Crippen molar-refractivity contribution in [3.8, 4) is 0 Å². The summed E-state index contributed by atoms with van der Waals surface area (Å²) < 4.78 is 13.3. The van der Waals surface area contributed by atoms with Gasteiger partial charge in [-0.05, 0) is 0 Å². The summed E-state index contributed by atoms with van der Waals surface area (Å²) in [5.41, 5.74) is 0.429. The van der Waals surface area contributed by atoms with E-state index < -0.39 is 17.7 Å². The summed E-state index contributed by atoms with van der Waals surface area (Å²) >= 11 is 21.1. The van der Waals surface area contributed by atoms with Crippen LogP contribution in [-0.2, 0) is 0 Å². The van der Waals surface area contributed by atoms with Crippen LogP contribution in [0, 0.1) is 5.82 Å². The number of carbonyl (C=O) groups excluding carboxylic acids is 1. The van der Waals surface area contributed by atoms with Crippen molar-refractivity contribution in [3.05, 3.63) is 137 Å². The number of amides is 1. The maximum atomic E-state index is 13.5. The molecule has 0 aliphatic carbocycles. The Bertz CT molecular complexity index is 1230. The van der Waals surface area contributed by atoms with Crippen molar-refractivity contribution < 1.29 is 9.18 Å². The first-order chi connectivity index (χ1) is 16.4. The Balaban J connectivity index is 2.07. The fraction of sp³-hybridized carbons (Fsp3) is 0. The van der Waals surface area contributed by atoms with Gasteiger partial charge in [-0.1, -0.05) is 0 Å². The summed E-state index contributed by atoms with van der Waals surface area (Å²) in [6.45, 7) is 0. The Labute approximate surface area is 212 Å². The van der Waals surface area contributed by atoms with E-state index in [4.69, 9.17) is 34.4 Å². The van der Waals surface area contributed by atoms with Gasteiger partial charge in [0.05, 0.1) is 0 Å². The number of halogens is 4. The second kappa shape index (κ2) is 9.90. The molecule has 0 atom stereocenters. The van der Waals surface area contributed by atoms with Crippen LogP contribution in [0.15, 0.2) is 125 Å². The molecule has 34 heavy (non-hydrogen) atoms. The van der Waals surface area contributed by atoms with E-state index in [0.717, 1.165) is 15.9 Å². The van der Waals surface area contributed by atoms with Gasteiger partial charge in [-0.2, -0.15) is 0 Å². The maximum absolute atomic E-state index is 13.5. The van der Waals surface area contributed by atoms with E-state index in [9.17, 15) is 9.18 Å². The van der Waals surface area contributed by atoms with E-state index in [1.807, 2.05) is 91.0 Å². The summed E-state index contributed by atoms with van der Waals surface area (Å²) in [6, 6.07) is 33.6. The predicted molar refractivity (Wildman–Crippen MR) is 144 cm³/mol. The molecular formula is C27H20Cl3FNOP. The molecule has 4 aromatic rings. The van der Waals surface area contributed by atoms with Crippen LogP contribution in [0.5, 0.6) is 0 Å². The van der Waals surface area contributed by atoms with Gasteiger partial charge in [0.25, 0.3) is 0 Å². The molecule has 0 fully saturated rings. The first-order valence-corrected chi connectivity index (χ1v) is 14.3. The third-order valence-electron chi connectivity index (χ3n) is 5.66. The van der Waals surface area contributed by atoms with Gasteiger partial charge >= 0.3 is 213 Å². The van der Waals surface area contributed by atoms with E-state index >= 15 is 0 Å². The Hall–Kier alpha value is -2.68. The van der Waals surface area contributed by atoms with E-state index in [1.54, 1.807) is 0 Å². The Morgan fingerprint density at radius 1 is 0.647 bits per heavy atom. The Morgan fingerprint density at radius 3 is 1.38 bits per heavy atom. The summed E-state index contributed by atoms with van der Waals surface area (Å²) in [7, 11) is 0. The fourth-order valence-corrected chi connectivity index (χ4v) is 11.3. The molecule has 0 saturated heterocycles. The van der Waals surface area contributed by atoms with Gasteiger partial charge < -0.3 is 0 Å². The topological polar surface area (TPSA) is 29.1 Å². The van der Waals surface area contributed by atoms with Crippen LogP contribution >= 0.6 is 40.4 Å². The van der Waals surface area contributed by atoms with Crippen molar-refractivity contribution in [1.29, 1.82) is 0 Å². The normalized spacial score (nSPS) is 12.3. The van der Waals surface area contributed by atoms with Gasteiger partial charge in [-0.15, -0.1) is 0 Å². The zero-order valence-electron chi connectivity index (χ0n) is 17.8. The van der Waals surface area contributed by atoms with Crippen LogP contribution in [0.25, 0.3) is 0 Å². The number of nitrogens with one attached hydrogen (secondary N) is 1. The molecule has 0 heterocycles. The average Bonchev–Trinajstić information content (AvgIpc) is 2.88. The zero-order chi connectivity index (χ0) is 24.2. The molecule has 1 amide bonds. The third kappa shape index (κ3) is 4.15. The zero-order valence-corrected chi connectivity index (χ0v) is 21.0. The molecular weight excluding hydrogens is 511 g/mol. The summed E-state index contributed by atoms with van der Waals surface area (Å²) in [6.07, 6.45) is 0. The number of hydrogen-bond donors (Lipinski definition) is 1. The summed E-state index contributed by atoms with van der Waals surface area (Å²) in [4.78, 5) is 13.3. The van der Waals surface area contributed by atoms with E-state index in [2.05, 4.69) is 5.32 Å². The number of hydrogen-bond acceptors (Lipinski definition) is 1. The quantitative estimate of drug-likeness (QED) is 0.272. The van der Waals surface area contributed by atoms with Gasteiger partial charge in [0.2, 0.25) is 0 Å². The molecule has 1 N–H and O–H groups in total. The first-order valence-electron chi connectivity index (χ1n) is 10.4. The van der Waals surface area contributed by atoms with Crippen molar-refractivity contribution >= 4 is 62.2 Å². The third-order valence-corrected chi connectivity index (χ3v) is 13.5. The predicted octanol–water partition coefficient (Wildman–Crippen LogP) is 6.84. The number of rotatable bonds is 6. The van der Waals surface area contributed by atoms with Gasteiger partial charge in [-0.3, -0.25) is 0 Å². The van der Waals surface area contributed by atoms with E-state index in [-0.39, 0.29) is 15.5 Å². The molecule has 0 radical (unpaired) electrons. The van der Waals surface area contributed by atoms with Crippen LogP contribution in [-0.4, -0.2) is 5.91 Å². The molecule has 0 aliphatic heterocycles. The second-order valence-electron chi connectivity index (χ2n) is 7.59. The monoisotopic (exact) mass is 529 g/mol. The Kier molecular flexibility index (Phi) is 7.12. The molecule has 0 aliphatic rings. The summed E-state index contributed by atoms with van der Waals surface area (Å²) in [5.74, 6) is -5.12. The SMILES string of the molecule is O=C(NC(=C(Cl)Cl)P(Cl)(c1ccccc1)(c1ccccc1)c1ccccc1)c1ccc(F)cc1. The molecule has 0 saturated carbocycles. The van der Waals surface area contributed by atoms with Gasteiger partial charge in [0.1, 0.15) is 0 Å². The van der Waals surface area contributed by atoms with Crippen LogP contribution in [0.4, 0.5) is 4.39 Å². The van der Waals surface area contributed by atoms with Crippen LogP contribution in [0.3, 0.4) is 0 Å². The van der Waals surface area contributed by atoms with Crippen molar-refractivity contribution in [1.82, 2.24) is 5.32 Å². The van der Waals surface area contributed by atoms with Crippen molar-refractivity contribution in [3.63, 3.8) is 0 Å². The van der Waals surface area contributed by atoms with Crippen LogP contribution in [0.2, 0.25) is 0 Å². The number of carbonyl (C=O) groups is 1. The van der Waals surface area contributed by atoms with Gasteiger partial charge in [0.15, 0.2) is 0 Å². The van der Waals surface area contributed by atoms with Crippen LogP contribution in [0.1, 0.15) is 10.4 Å². The molecule has 7 heteroatoms. The Morgan fingerprint density at radius 2 is 1.03 bits per heavy atom. The summed E-state index contributed by atoms with van der Waals surface area (Å²) in [5, 5.41) is 5.16. The van der Waals surface area contributed by atoms with Gasteiger partial charge in [0, 0.05) is 0 Å². The standard InChI is InChI=1S/C27H20Cl3FNOP/c28-25(29)27(32-26(33)20-16-18-21(31)19-17-20)34(30,22-10-4-1-5-11-22,23-12-6-2-7-13-23)24-14-8-3-9-15-24/h1-19H,(H,32,33).